The second-order valence-corrected chi connectivity index (χ2v) is 7.31. The zero-order valence-corrected chi connectivity index (χ0v) is 16.8. The Morgan fingerprint density at radius 1 is 0.800 bits per heavy atom. The molecule has 0 aliphatic rings. The molecule has 4 nitrogen and oxygen atoms in total. The maximum absolute atomic E-state index is 12.4. The Balaban J connectivity index is 1.28. The largest absolute Gasteiger partial charge is 0.352 e. The zero-order valence-electron chi connectivity index (χ0n) is 16.8. The molecule has 0 spiro atoms. The summed E-state index contributed by atoms with van der Waals surface area (Å²) in [7, 11) is 0. The second-order valence-electron chi connectivity index (χ2n) is 7.31. The van der Waals surface area contributed by atoms with E-state index in [1.165, 1.54) is 5.56 Å². The number of carbonyl (C=O) groups excluding carboxylic acids is 1. The molecule has 0 aliphatic heterocycles. The highest BCUT2D eigenvalue weighted by Gasteiger charge is 2.08. The van der Waals surface area contributed by atoms with Gasteiger partial charge in [0.1, 0.15) is 0 Å². The van der Waals surface area contributed by atoms with E-state index in [0.29, 0.717) is 12.1 Å². The number of aromatic amines is 1. The van der Waals surface area contributed by atoms with Crippen LogP contribution in [0.4, 0.5) is 0 Å². The number of nitrogens with one attached hydrogen (secondary N) is 2. The third-order valence-corrected chi connectivity index (χ3v) is 5.13. The first-order valence-corrected chi connectivity index (χ1v) is 10.3. The number of aromatic nitrogens is 2. The van der Waals surface area contributed by atoms with Gasteiger partial charge in [0.05, 0.1) is 11.4 Å². The molecule has 0 unspecified atom stereocenters. The van der Waals surface area contributed by atoms with Gasteiger partial charge in [0.25, 0.3) is 5.91 Å². The van der Waals surface area contributed by atoms with Crippen molar-refractivity contribution >= 4 is 5.91 Å². The predicted molar refractivity (Wildman–Crippen MR) is 121 cm³/mol. The summed E-state index contributed by atoms with van der Waals surface area (Å²) in [6.07, 6.45) is 3.07. The Bertz CT molecular complexity index is 1070. The van der Waals surface area contributed by atoms with Gasteiger partial charge in [-0.05, 0) is 48.6 Å². The first kappa shape index (κ1) is 19.6. The number of hydrogen-bond acceptors (Lipinski definition) is 2. The van der Waals surface area contributed by atoms with Crippen LogP contribution in [0, 0.1) is 0 Å². The first-order chi connectivity index (χ1) is 14.8. The quantitative estimate of drug-likeness (QED) is 0.387. The van der Waals surface area contributed by atoms with Gasteiger partial charge >= 0.3 is 0 Å². The second kappa shape index (κ2) is 9.70. The van der Waals surface area contributed by atoms with Crippen LogP contribution in [0.1, 0.15) is 28.8 Å². The highest BCUT2D eigenvalue weighted by Crippen LogP contribution is 2.23. The fraction of sp³-hybridized carbons (Fsp3) is 0.154. The molecule has 0 atom stereocenters. The summed E-state index contributed by atoms with van der Waals surface area (Å²) in [4.78, 5) is 12.4. The van der Waals surface area contributed by atoms with Crippen LogP contribution in [-0.2, 0) is 6.42 Å². The molecule has 1 amide bonds. The molecule has 0 saturated heterocycles. The van der Waals surface area contributed by atoms with E-state index < -0.39 is 0 Å². The normalized spacial score (nSPS) is 10.7. The highest BCUT2D eigenvalue weighted by molar-refractivity contribution is 5.94. The minimum Gasteiger partial charge on any atom is -0.352 e. The van der Waals surface area contributed by atoms with E-state index >= 15 is 0 Å². The van der Waals surface area contributed by atoms with Crippen molar-refractivity contribution < 1.29 is 4.79 Å². The van der Waals surface area contributed by atoms with E-state index in [1.54, 1.807) is 0 Å². The van der Waals surface area contributed by atoms with Crippen LogP contribution in [0.2, 0.25) is 0 Å². The average molecular weight is 396 g/mol. The van der Waals surface area contributed by atoms with Crippen molar-refractivity contribution in [2.75, 3.05) is 6.54 Å². The van der Waals surface area contributed by atoms with Crippen LogP contribution in [0.5, 0.6) is 0 Å². The molecule has 3 aromatic carbocycles. The minimum atomic E-state index is -0.0316. The molecule has 4 rings (SSSR count). The number of amides is 1. The summed E-state index contributed by atoms with van der Waals surface area (Å²) in [5.41, 5.74) is 5.93. The maximum atomic E-state index is 12.4. The molecule has 4 aromatic rings. The van der Waals surface area contributed by atoms with Gasteiger partial charge in [-0.1, -0.05) is 72.8 Å². The van der Waals surface area contributed by atoms with E-state index in [9.17, 15) is 4.79 Å². The molecule has 0 saturated carbocycles. The number of carbonyl (C=O) groups is 1. The summed E-state index contributed by atoms with van der Waals surface area (Å²) in [6, 6.07) is 30.1. The molecule has 0 fully saturated rings. The highest BCUT2D eigenvalue weighted by atomic mass is 16.1. The lowest BCUT2D eigenvalue weighted by atomic mass is 10.1. The lowest BCUT2D eigenvalue weighted by Crippen LogP contribution is -2.24. The lowest BCUT2D eigenvalue weighted by Gasteiger charge is -2.06. The van der Waals surface area contributed by atoms with Crippen molar-refractivity contribution in [2.45, 2.75) is 19.3 Å². The number of unbranched alkanes of at least 4 members (excludes halogenated alkanes) is 1. The van der Waals surface area contributed by atoms with Gasteiger partial charge in [0.15, 0.2) is 0 Å². The summed E-state index contributed by atoms with van der Waals surface area (Å²) in [6.45, 7) is 0.689. The number of benzene rings is 3. The van der Waals surface area contributed by atoms with Crippen molar-refractivity contribution in [1.82, 2.24) is 15.5 Å². The van der Waals surface area contributed by atoms with Gasteiger partial charge < -0.3 is 5.32 Å². The van der Waals surface area contributed by atoms with Crippen molar-refractivity contribution in [2.24, 2.45) is 0 Å². The number of hydrogen-bond donors (Lipinski definition) is 2. The molecular formula is C26H25N3O. The van der Waals surface area contributed by atoms with E-state index in [4.69, 9.17) is 0 Å². The Morgan fingerprint density at radius 2 is 1.50 bits per heavy atom. The Kier molecular flexibility index (Phi) is 6.35. The number of aryl methyl sites for hydroxylation is 1. The SMILES string of the molecule is O=C(NCCCCc1ccccc1)c1ccc(-c2cc(-c3ccccc3)n[nH]2)cc1. The fourth-order valence-corrected chi connectivity index (χ4v) is 3.43. The molecule has 0 aliphatic carbocycles. The van der Waals surface area contributed by atoms with Gasteiger partial charge in [-0.3, -0.25) is 9.89 Å². The van der Waals surface area contributed by atoms with Crippen LogP contribution in [0.3, 0.4) is 0 Å². The Labute approximate surface area is 177 Å². The molecule has 30 heavy (non-hydrogen) atoms. The standard InChI is InChI=1S/C26H25N3O/c30-26(27-18-8-7-11-20-9-3-1-4-10-20)23-16-14-22(15-17-23)25-19-24(28-29-25)21-12-5-2-6-13-21/h1-6,9-10,12-17,19H,7-8,11,18H2,(H,27,30)(H,28,29). The van der Waals surface area contributed by atoms with Crippen molar-refractivity contribution in [1.29, 1.82) is 0 Å². The van der Waals surface area contributed by atoms with Crippen LogP contribution < -0.4 is 5.32 Å². The number of rotatable bonds is 8. The molecule has 1 aromatic heterocycles. The number of H-pyrrole nitrogens is 1. The van der Waals surface area contributed by atoms with Crippen molar-refractivity contribution in [3.05, 3.63) is 102 Å². The van der Waals surface area contributed by atoms with Crippen molar-refractivity contribution in [3.63, 3.8) is 0 Å². The smallest absolute Gasteiger partial charge is 0.251 e. The van der Waals surface area contributed by atoms with E-state index in [-0.39, 0.29) is 5.91 Å². The van der Waals surface area contributed by atoms with E-state index in [2.05, 4.69) is 39.8 Å². The van der Waals surface area contributed by atoms with Crippen LogP contribution in [0.15, 0.2) is 91.0 Å². The molecule has 2 N–H and O–H groups in total. The summed E-state index contributed by atoms with van der Waals surface area (Å²) < 4.78 is 0. The fourth-order valence-electron chi connectivity index (χ4n) is 3.43. The Hall–Kier alpha value is -3.66. The zero-order chi connectivity index (χ0) is 20.6. The summed E-state index contributed by atoms with van der Waals surface area (Å²) in [5.74, 6) is -0.0316. The van der Waals surface area contributed by atoms with Gasteiger partial charge in [-0.25, -0.2) is 0 Å². The van der Waals surface area contributed by atoms with Crippen LogP contribution >= 0.6 is 0 Å². The molecule has 0 radical (unpaired) electrons. The van der Waals surface area contributed by atoms with Gasteiger partial charge in [0.2, 0.25) is 0 Å². The molecular weight excluding hydrogens is 370 g/mol. The molecule has 0 bridgehead atoms. The summed E-state index contributed by atoms with van der Waals surface area (Å²) >= 11 is 0. The third kappa shape index (κ3) is 5.03. The van der Waals surface area contributed by atoms with Crippen LogP contribution in [-0.4, -0.2) is 22.6 Å². The van der Waals surface area contributed by atoms with Crippen molar-refractivity contribution in [3.8, 4) is 22.5 Å². The van der Waals surface area contributed by atoms with Gasteiger partial charge in [-0.15, -0.1) is 0 Å². The molecule has 1 heterocycles. The van der Waals surface area contributed by atoms with Gasteiger partial charge in [0, 0.05) is 17.7 Å². The monoisotopic (exact) mass is 395 g/mol. The van der Waals surface area contributed by atoms with Crippen LogP contribution in [0.25, 0.3) is 22.5 Å². The summed E-state index contributed by atoms with van der Waals surface area (Å²) in [5, 5.41) is 10.5. The average Bonchev–Trinajstić information content (AvgIpc) is 3.30. The molecule has 150 valence electrons. The lowest BCUT2D eigenvalue weighted by molar-refractivity contribution is 0.0953. The van der Waals surface area contributed by atoms with E-state index in [1.807, 2.05) is 66.7 Å². The maximum Gasteiger partial charge on any atom is 0.251 e. The van der Waals surface area contributed by atoms with E-state index in [0.717, 1.165) is 41.8 Å². The topological polar surface area (TPSA) is 57.8 Å². The third-order valence-electron chi connectivity index (χ3n) is 5.13. The molecule has 4 heteroatoms. The van der Waals surface area contributed by atoms with Gasteiger partial charge in [-0.2, -0.15) is 5.10 Å². The minimum absolute atomic E-state index is 0.0316. The number of nitrogens with zero attached hydrogens (tertiary/aromatic N) is 1. The predicted octanol–water partition coefficient (Wildman–Crippen LogP) is 5.50. The Morgan fingerprint density at radius 3 is 2.23 bits per heavy atom. The first-order valence-electron chi connectivity index (χ1n) is 10.3.